The van der Waals surface area contributed by atoms with Gasteiger partial charge in [0.2, 0.25) is 5.91 Å². The predicted octanol–water partition coefficient (Wildman–Crippen LogP) is 5.17. The van der Waals surface area contributed by atoms with E-state index < -0.39 is 6.04 Å². The number of rotatable bonds is 10. The number of nitrogens with zero attached hydrogens (tertiary/aromatic N) is 4. The zero-order chi connectivity index (χ0) is 28.8. The lowest BCUT2D eigenvalue weighted by molar-refractivity contribution is -0.140. The molecule has 0 saturated carbocycles. The lowest BCUT2D eigenvalue weighted by atomic mass is 10.0. The van der Waals surface area contributed by atoms with E-state index in [1.165, 1.54) is 0 Å². The predicted molar refractivity (Wildman–Crippen MR) is 157 cm³/mol. The Bertz CT molecular complexity index is 1650. The Labute approximate surface area is 238 Å². The molecule has 41 heavy (non-hydrogen) atoms. The van der Waals surface area contributed by atoms with Crippen LogP contribution in [-0.4, -0.2) is 45.9 Å². The van der Waals surface area contributed by atoms with Crippen LogP contribution in [0.1, 0.15) is 22.7 Å². The maximum Gasteiger partial charge on any atom is 0.251 e. The normalized spacial score (nSPS) is 11.6. The number of amides is 2. The largest absolute Gasteiger partial charge is 0.497 e. The van der Waals surface area contributed by atoms with E-state index in [1.807, 2.05) is 55.5 Å². The first kappa shape index (κ1) is 27.4. The highest BCUT2D eigenvalue weighted by Crippen LogP contribution is 2.29. The van der Waals surface area contributed by atoms with Gasteiger partial charge in [-0.05, 0) is 72.1 Å². The quantitative estimate of drug-likeness (QED) is 0.258. The van der Waals surface area contributed by atoms with Crippen molar-refractivity contribution >= 4 is 28.5 Å². The first-order chi connectivity index (χ1) is 20.0. The summed E-state index contributed by atoms with van der Waals surface area (Å²) < 4.78 is 12.2. The lowest BCUT2D eigenvalue weighted by Gasteiger charge is -2.32. The number of para-hydroxylation sites is 1. The number of aryl methyl sites for hydroxylation is 1. The van der Waals surface area contributed by atoms with Crippen LogP contribution in [0, 0.1) is 6.92 Å². The Morgan fingerprint density at radius 1 is 0.854 bits per heavy atom. The maximum atomic E-state index is 14.2. The average molecular weight is 550 g/mol. The van der Waals surface area contributed by atoms with Gasteiger partial charge >= 0.3 is 0 Å². The van der Waals surface area contributed by atoms with Crippen molar-refractivity contribution in [1.82, 2.24) is 19.9 Å². The molecule has 2 amide bonds. The van der Waals surface area contributed by atoms with E-state index in [4.69, 9.17) is 9.47 Å². The fourth-order valence-corrected chi connectivity index (χ4v) is 4.69. The summed E-state index contributed by atoms with van der Waals surface area (Å²) >= 11 is 0. The summed E-state index contributed by atoms with van der Waals surface area (Å²) in [6, 6.07) is 28.6. The van der Waals surface area contributed by atoms with Crippen LogP contribution in [0.15, 0.2) is 97.1 Å². The van der Waals surface area contributed by atoms with Gasteiger partial charge in [0.15, 0.2) is 0 Å². The van der Waals surface area contributed by atoms with Gasteiger partial charge in [-0.2, -0.15) is 0 Å². The van der Waals surface area contributed by atoms with Crippen molar-refractivity contribution in [1.29, 1.82) is 0 Å². The molecule has 0 aliphatic heterocycles. The number of ether oxygens (including phenoxy) is 2. The van der Waals surface area contributed by atoms with Crippen LogP contribution < -0.4 is 14.8 Å². The molecule has 9 heteroatoms. The number of aromatic nitrogens is 3. The number of nitrogens with one attached hydrogen (secondary N) is 1. The lowest BCUT2D eigenvalue weighted by Crippen LogP contribution is -2.42. The number of anilines is 1. The molecular formula is C32H31N5O4. The highest BCUT2D eigenvalue weighted by molar-refractivity contribution is 5.98. The smallest absolute Gasteiger partial charge is 0.251 e. The highest BCUT2D eigenvalue weighted by atomic mass is 16.5. The van der Waals surface area contributed by atoms with E-state index in [0.717, 1.165) is 16.6 Å². The van der Waals surface area contributed by atoms with Crippen molar-refractivity contribution in [3.8, 4) is 11.5 Å². The van der Waals surface area contributed by atoms with E-state index in [0.29, 0.717) is 28.3 Å². The summed E-state index contributed by atoms with van der Waals surface area (Å²) in [5.41, 5.74) is 4.60. The molecule has 0 aliphatic carbocycles. The van der Waals surface area contributed by atoms with Gasteiger partial charge in [-0.3, -0.25) is 9.59 Å². The van der Waals surface area contributed by atoms with Gasteiger partial charge in [0.1, 0.15) is 29.6 Å². The first-order valence-corrected chi connectivity index (χ1v) is 13.2. The van der Waals surface area contributed by atoms with Crippen LogP contribution >= 0.6 is 0 Å². The summed E-state index contributed by atoms with van der Waals surface area (Å²) in [4.78, 5) is 29.8. The van der Waals surface area contributed by atoms with Crippen molar-refractivity contribution in [3.05, 3.63) is 114 Å². The van der Waals surface area contributed by atoms with Crippen molar-refractivity contribution in [2.24, 2.45) is 0 Å². The molecule has 0 unspecified atom stereocenters. The zero-order valence-electron chi connectivity index (χ0n) is 23.2. The van der Waals surface area contributed by atoms with Gasteiger partial charge in [0, 0.05) is 12.2 Å². The molecule has 208 valence electrons. The fraction of sp³-hybridized carbons (Fsp3) is 0.188. The molecule has 0 spiro atoms. The minimum Gasteiger partial charge on any atom is -0.497 e. The second kappa shape index (κ2) is 12.3. The number of carbonyl (C=O) groups is 2. The van der Waals surface area contributed by atoms with Gasteiger partial charge in [-0.1, -0.05) is 53.7 Å². The Kier molecular flexibility index (Phi) is 8.24. The van der Waals surface area contributed by atoms with Crippen molar-refractivity contribution < 1.29 is 19.1 Å². The monoisotopic (exact) mass is 549 g/mol. The molecule has 0 fully saturated rings. The van der Waals surface area contributed by atoms with Crippen molar-refractivity contribution in [2.45, 2.75) is 26.1 Å². The summed E-state index contributed by atoms with van der Waals surface area (Å²) in [5, 5.41) is 11.4. The van der Waals surface area contributed by atoms with Gasteiger partial charge < -0.3 is 19.7 Å². The van der Waals surface area contributed by atoms with E-state index in [1.54, 1.807) is 72.3 Å². The fourth-order valence-electron chi connectivity index (χ4n) is 4.69. The Morgan fingerprint density at radius 2 is 1.49 bits per heavy atom. The molecule has 0 radical (unpaired) electrons. The summed E-state index contributed by atoms with van der Waals surface area (Å²) in [6.07, 6.45) is 0. The minimum absolute atomic E-state index is 0.0884. The van der Waals surface area contributed by atoms with Crippen LogP contribution in [-0.2, 0) is 22.7 Å². The molecule has 1 aromatic heterocycles. The highest BCUT2D eigenvalue weighted by Gasteiger charge is 2.32. The van der Waals surface area contributed by atoms with Crippen molar-refractivity contribution in [2.75, 3.05) is 19.5 Å². The molecule has 9 nitrogen and oxygen atoms in total. The SMILES string of the molecule is COc1ccc(NC(=O)[C@H](c2ccc(OC)cc2)N(Cc2ccccc2C)C(=O)Cn2nnc3ccccc32)cc1. The minimum atomic E-state index is -0.954. The second-order valence-electron chi connectivity index (χ2n) is 9.58. The van der Waals surface area contributed by atoms with E-state index in [-0.39, 0.29) is 24.9 Å². The Balaban J connectivity index is 1.55. The average Bonchev–Trinajstić information content (AvgIpc) is 3.41. The van der Waals surface area contributed by atoms with Crippen LogP contribution in [0.5, 0.6) is 11.5 Å². The van der Waals surface area contributed by atoms with E-state index in [9.17, 15) is 9.59 Å². The van der Waals surface area contributed by atoms with Crippen LogP contribution in [0.2, 0.25) is 0 Å². The third-order valence-electron chi connectivity index (χ3n) is 6.98. The molecule has 0 bridgehead atoms. The zero-order valence-corrected chi connectivity index (χ0v) is 23.2. The number of methoxy groups -OCH3 is 2. The summed E-state index contributed by atoms with van der Waals surface area (Å²) in [5.74, 6) is 0.681. The summed E-state index contributed by atoms with van der Waals surface area (Å²) in [7, 11) is 3.17. The van der Waals surface area contributed by atoms with E-state index >= 15 is 0 Å². The van der Waals surface area contributed by atoms with Gasteiger partial charge in [-0.25, -0.2) is 4.68 Å². The molecule has 1 N–H and O–H groups in total. The second-order valence-corrected chi connectivity index (χ2v) is 9.58. The van der Waals surface area contributed by atoms with Gasteiger partial charge in [0.05, 0.1) is 19.7 Å². The number of fused-ring (bicyclic) bond motifs is 1. The first-order valence-electron chi connectivity index (χ1n) is 13.2. The molecule has 0 aliphatic rings. The number of benzene rings is 4. The summed E-state index contributed by atoms with van der Waals surface area (Å²) in [6.45, 7) is 2.11. The molecular weight excluding hydrogens is 518 g/mol. The molecule has 1 atom stereocenters. The van der Waals surface area contributed by atoms with E-state index in [2.05, 4.69) is 15.6 Å². The number of hydrogen-bond donors (Lipinski definition) is 1. The topological polar surface area (TPSA) is 98.6 Å². The van der Waals surface area contributed by atoms with Crippen molar-refractivity contribution in [3.63, 3.8) is 0 Å². The molecule has 4 aromatic carbocycles. The number of hydrogen-bond acceptors (Lipinski definition) is 6. The van der Waals surface area contributed by atoms with Crippen LogP contribution in [0.25, 0.3) is 11.0 Å². The number of carbonyl (C=O) groups excluding carboxylic acids is 2. The molecule has 5 rings (SSSR count). The van der Waals surface area contributed by atoms with Gasteiger partial charge in [-0.15, -0.1) is 5.10 Å². The molecule has 5 aromatic rings. The Hall–Kier alpha value is -5.18. The van der Waals surface area contributed by atoms with Crippen LogP contribution in [0.4, 0.5) is 5.69 Å². The maximum absolute atomic E-state index is 14.2. The third-order valence-corrected chi connectivity index (χ3v) is 6.98. The molecule has 0 saturated heterocycles. The Morgan fingerprint density at radius 3 is 2.17 bits per heavy atom. The third kappa shape index (κ3) is 6.19. The van der Waals surface area contributed by atoms with Gasteiger partial charge in [0.25, 0.3) is 5.91 Å². The standard InChI is InChI=1S/C32H31N5O4/c1-22-8-4-5-9-24(22)20-36(30(38)21-37-29-11-7-6-10-28(29)34-35-37)31(23-12-16-26(40-2)17-13-23)32(39)33-25-14-18-27(41-3)19-15-25/h4-19,31H,20-21H2,1-3H3,(H,33,39)/t31-/m0/s1. The molecule has 1 heterocycles. The van der Waals surface area contributed by atoms with Crippen LogP contribution in [0.3, 0.4) is 0 Å².